The molecule has 21 heavy (non-hydrogen) atoms. The second-order valence-electron chi connectivity index (χ2n) is 5.34. The molecular formula is C16H19N3O2. The van der Waals surface area contributed by atoms with E-state index in [4.69, 9.17) is 4.42 Å². The summed E-state index contributed by atoms with van der Waals surface area (Å²) in [5, 5.41) is 6.20. The molecule has 1 aliphatic rings. The van der Waals surface area contributed by atoms with Crippen molar-refractivity contribution in [3.05, 3.63) is 42.5 Å². The molecular weight excluding hydrogens is 266 g/mol. The molecule has 0 aliphatic heterocycles. The van der Waals surface area contributed by atoms with Crippen molar-refractivity contribution in [3.63, 3.8) is 0 Å². The Morgan fingerprint density at radius 2 is 2.05 bits per heavy atom. The van der Waals surface area contributed by atoms with Crippen molar-refractivity contribution < 1.29 is 9.21 Å². The molecule has 2 aromatic rings. The number of rotatable bonds is 4. The van der Waals surface area contributed by atoms with Crippen LogP contribution >= 0.6 is 0 Å². The number of carbonyl (C=O) groups excluding carboxylic acids is 1. The molecule has 3 rings (SSSR count). The van der Waals surface area contributed by atoms with E-state index in [0.717, 1.165) is 5.82 Å². The van der Waals surface area contributed by atoms with Crippen LogP contribution in [0, 0.1) is 0 Å². The summed E-state index contributed by atoms with van der Waals surface area (Å²) in [6.07, 6.45) is 9.46. The number of pyridine rings is 1. The number of anilines is 2. The van der Waals surface area contributed by atoms with Gasteiger partial charge in [-0.25, -0.2) is 4.98 Å². The van der Waals surface area contributed by atoms with Gasteiger partial charge in [-0.3, -0.25) is 4.79 Å². The van der Waals surface area contributed by atoms with E-state index in [2.05, 4.69) is 15.6 Å². The van der Waals surface area contributed by atoms with Gasteiger partial charge in [-0.1, -0.05) is 19.3 Å². The van der Waals surface area contributed by atoms with Gasteiger partial charge < -0.3 is 15.1 Å². The fraction of sp³-hybridized carbons (Fsp3) is 0.375. The van der Waals surface area contributed by atoms with Gasteiger partial charge in [-0.2, -0.15) is 0 Å². The second kappa shape index (κ2) is 6.43. The van der Waals surface area contributed by atoms with Crippen molar-refractivity contribution in [2.24, 2.45) is 0 Å². The normalized spacial score (nSPS) is 15.6. The Kier molecular flexibility index (Phi) is 4.19. The zero-order chi connectivity index (χ0) is 14.5. The van der Waals surface area contributed by atoms with E-state index < -0.39 is 0 Å². The van der Waals surface area contributed by atoms with Gasteiger partial charge in [0.15, 0.2) is 5.76 Å². The number of furan rings is 1. The predicted octanol–water partition coefficient (Wildman–Crippen LogP) is 3.67. The van der Waals surface area contributed by atoms with E-state index >= 15 is 0 Å². The highest BCUT2D eigenvalue weighted by atomic mass is 16.3. The van der Waals surface area contributed by atoms with Crippen LogP contribution in [0.25, 0.3) is 0 Å². The van der Waals surface area contributed by atoms with Crippen LogP contribution in [0.15, 0.2) is 41.1 Å². The highest BCUT2D eigenvalue weighted by Gasteiger charge is 2.13. The Bertz CT molecular complexity index is 572. The molecule has 5 heteroatoms. The summed E-state index contributed by atoms with van der Waals surface area (Å²) in [7, 11) is 0. The molecule has 0 aromatic carbocycles. The lowest BCUT2D eigenvalue weighted by atomic mass is 9.95. The highest BCUT2D eigenvalue weighted by molar-refractivity contribution is 6.02. The Balaban J connectivity index is 1.57. The van der Waals surface area contributed by atoms with Gasteiger partial charge in [0.25, 0.3) is 5.91 Å². The third kappa shape index (κ3) is 3.62. The molecule has 110 valence electrons. The second-order valence-corrected chi connectivity index (χ2v) is 5.34. The first-order chi connectivity index (χ1) is 10.3. The van der Waals surface area contributed by atoms with Gasteiger partial charge in [-0.05, 0) is 37.1 Å². The molecule has 2 heterocycles. The molecule has 2 aromatic heterocycles. The number of hydrogen-bond donors (Lipinski definition) is 2. The van der Waals surface area contributed by atoms with Gasteiger partial charge in [0.1, 0.15) is 5.82 Å². The summed E-state index contributed by atoms with van der Waals surface area (Å²) in [5.41, 5.74) is 0.658. The van der Waals surface area contributed by atoms with E-state index in [1.807, 2.05) is 12.1 Å². The smallest absolute Gasteiger partial charge is 0.291 e. The van der Waals surface area contributed by atoms with E-state index in [1.54, 1.807) is 18.3 Å². The largest absolute Gasteiger partial charge is 0.459 e. The first-order valence-electron chi connectivity index (χ1n) is 7.39. The van der Waals surface area contributed by atoms with Crippen LogP contribution in [0.2, 0.25) is 0 Å². The van der Waals surface area contributed by atoms with Crippen LogP contribution in [0.4, 0.5) is 11.5 Å². The topological polar surface area (TPSA) is 67.2 Å². The number of aromatic nitrogens is 1. The zero-order valence-corrected chi connectivity index (χ0v) is 11.8. The zero-order valence-electron chi connectivity index (χ0n) is 11.8. The molecule has 1 fully saturated rings. The Morgan fingerprint density at radius 3 is 2.71 bits per heavy atom. The number of carbonyl (C=O) groups is 1. The lowest BCUT2D eigenvalue weighted by Crippen LogP contribution is -2.22. The van der Waals surface area contributed by atoms with Crippen LogP contribution in [0.5, 0.6) is 0 Å². The maximum atomic E-state index is 11.8. The molecule has 0 unspecified atom stereocenters. The molecule has 0 spiro atoms. The summed E-state index contributed by atoms with van der Waals surface area (Å²) in [6.45, 7) is 0. The van der Waals surface area contributed by atoms with Crippen LogP contribution in [-0.4, -0.2) is 16.9 Å². The van der Waals surface area contributed by atoms with Crippen LogP contribution < -0.4 is 10.6 Å². The molecule has 5 nitrogen and oxygen atoms in total. The SMILES string of the molecule is O=C(Nc1ccc(NC2CCCCC2)nc1)c1ccco1. The third-order valence-electron chi connectivity index (χ3n) is 3.72. The van der Waals surface area contributed by atoms with Crippen molar-refractivity contribution in [2.75, 3.05) is 10.6 Å². The summed E-state index contributed by atoms with van der Waals surface area (Å²) < 4.78 is 5.05. The Labute approximate surface area is 123 Å². The average Bonchev–Trinajstić information content (AvgIpc) is 3.05. The van der Waals surface area contributed by atoms with Gasteiger partial charge in [0, 0.05) is 6.04 Å². The fourth-order valence-electron chi connectivity index (χ4n) is 2.61. The summed E-state index contributed by atoms with van der Waals surface area (Å²) >= 11 is 0. The maximum Gasteiger partial charge on any atom is 0.291 e. The molecule has 0 saturated heterocycles. The Morgan fingerprint density at radius 1 is 1.19 bits per heavy atom. The van der Waals surface area contributed by atoms with Crippen molar-refractivity contribution in [2.45, 2.75) is 38.1 Å². The molecule has 1 aliphatic carbocycles. The summed E-state index contributed by atoms with van der Waals surface area (Å²) in [6, 6.07) is 7.58. The van der Waals surface area contributed by atoms with E-state index in [0.29, 0.717) is 17.5 Å². The van der Waals surface area contributed by atoms with Crippen LogP contribution in [-0.2, 0) is 0 Å². The summed E-state index contributed by atoms with van der Waals surface area (Å²) in [4.78, 5) is 16.2. The maximum absolute atomic E-state index is 11.8. The first-order valence-corrected chi connectivity index (χ1v) is 7.39. The predicted molar refractivity (Wildman–Crippen MR) is 81.4 cm³/mol. The third-order valence-corrected chi connectivity index (χ3v) is 3.72. The van der Waals surface area contributed by atoms with Crippen molar-refractivity contribution in [3.8, 4) is 0 Å². The lowest BCUT2D eigenvalue weighted by Gasteiger charge is -2.23. The van der Waals surface area contributed by atoms with E-state index in [1.165, 1.54) is 38.4 Å². The van der Waals surface area contributed by atoms with Crippen molar-refractivity contribution >= 4 is 17.4 Å². The molecule has 1 saturated carbocycles. The monoisotopic (exact) mass is 285 g/mol. The highest BCUT2D eigenvalue weighted by Crippen LogP contribution is 2.21. The van der Waals surface area contributed by atoms with Crippen LogP contribution in [0.3, 0.4) is 0 Å². The lowest BCUT2D eigenvalue weighted by molar-refractivity contribution is 0.0996. The molecule has 2 N–H and O–H groups in total. The summed E-state index contributed by atoms with van der Waals surface area (Å²) in [5.74, 6) is 0.882. The molecule has 0 atom stereocenters. The Hall–Kier alpha value is -2.30. The van der Waals surface area contributed by atoms with Gasteiger partial charge in [0.05, 0.1) is 18.1 Å². The fourth-order valence-corrected chi connectivity index (χ4v) is 2.61. The van der Waals surface area contributed by atoms with Gasteiger partial charge >= 0.3 is 0 Å². The first kappa shape index (κ1) is 13.7. The minimum absolute atomic E-state index is 0.269. The molecule has 0 bridgehead atoms. The average molecular weight is 285 g/mol. The van der Waals surface area contributed by atoms with Crippen LogP contribution in [0.1, 0.15) is 42.7 Å². The minimum atomic E-state index is -0.269. The van der Waals surface area contributed by atoms with E-state index in [-0.39, 0.29) is 5.91 Å². The quantitative estimate of drug-likeness (QED) is 0.899. The number of nitrogens with zero attached hydrogens (tertiary/aromatic N) is 1. The van der Waals surface area contributed by atoms with Gasteiger partial charge in [-0.15, -0.1) is 0 Å². The minimum Gasteiger partial charge on any atom is -0.459 e. The van der Waals surface area contributed by atoms with E-state index in [9.17, 15) is 4.79 Å². The van der Waals surface area contributed by atoms with Crippen molar-refractivity contribution in [1.82, 2.24) is 4.98 Å². The number of nitrogens with one attached hydrogen (secondary N) is 2. The van der Waals surface area contributed by atoms with Gasteiger partial charge in [0.2, 0.25) is 0 Å². The number of hydrogen-bond acceptors (Lipinski definition) is 4. The molecule has 0 radical (unpaired) electrons. The molecule has 1 amide bonds. The number of amides is 1. The van der Waals surface area contributed by atoms with Crippen molar-refractivity contribution in [1.29, 1.82) is 0 Å². The standard InChI is InChI=1S/C16H19N3O2/c20-16(14-7-4-10-21-14)19-13-8-9-15(17-11-13)18-12-5-2-1-3-6-12/h4,7-12H,1-3,5-6H2,(H,17,18)(H,19,20).